The summed E-state index contributed by atoms with van der Waals surface area (Å²) in [5.41, 5.74) is 2.15. The van der Waals surface area contributed by atoms with E-state index in [-0.39, 0.29) is 30.3 Å². The smallest absolute Gasteiger partial charge is 0.229 e. The molecule has 0 bridgehead atoms. The Morgan fingerprint density at radius 2 is 2.00 bits per heavy atom. The Labute approximate surface area is 141 Å². The number of hydrogen-bond acceptors (Lipinski definition) is 3. The molecule has 2 N–H and O–H groups in total. The van der Waals surface area contributed by atoms with Crippen molar-refractivity contribution in [2.24, 2.45) is 0 Å². The molecule has 0 fully saturated rings. The molecular weight excluding hydrogens is 304 g/mol. The average Bonchev–Trinajstić information content (AvgIpc) is 3.21. The molecule has 5 heteroatoms. The number of ketones is 1. The first-order valence-electron chi connectivity index (χ1n) is 8.36. The van der Waals surface area contributed by atoms with Crippen molar-refractivity contribution in [3.05, 3.63) is 59.4 Å². The number of nitrogens with one attached hydrogen (secondary N) is 1. The van der Waals surface area contributed by atoms with Gasteiger partial charge in [0.05, 0.1) is 24.3 Å². The molecule has 2 heterocycles. The highest BCUT2D eigenvalue weighted by Gasteiger charge is 2.32. The third kappa shape index (κ3) is 2.99. The summed E-state index contributed by atoms with van der Waals surface area (Å²) in [5.74, 6) is -0.362. The highest BCUT2D eigenvalue weighted by Crippen LogP contribution is 2.31. The maximum Gasteiger partial charge on any atom is 0.229 e. The van der Waals surface area contributed by atoms with E-state index in [9.17, 15) is 14.7 Å². The molecule has 126 valence electrons. The molecule has 24 heavy (non-hydrogen) atoms. The van der Waals surface area contributed by atoms with Gasteiger partial charge in [-0.3, -0.25) is 9.59 Å². The second kappa shape index (κ2) is 7.01. The Morgan fingerprint density at radius 3 is 2.67 bits per heavy atom. The number of aliphatic hydroxyl groups is 1. The van der Waals surface area contributed by atoms with Gasteiger partial charge in [-0.1, -0.05) is 37.3 Å². The van der Waals surface area contributed by atoms with Crippen molar-refractivity contribution in [1.82, 2.24) is 9.88 Å². The second-order valence-corrected chi connectivity index (χ2v) is 6.13. The first-order valence-corrected chi connectivity index (χ1v) is 8.36. The van der Waals surface area contributed by atoms with Gasteiger partial charge in [-0.15, -0.1) is 0 Å². The summed E-state index contributed by atoms with van der Waals surface area (Å²) in [6.45, 7) is 2.52. The molecule has 1 aromatic carbocycles. The van der Waals surface area contributed by atoms with E-state index in [1.54, 1.807) is 18.2 Å². The number of rotatable bonds is 6. The molecule has 2 aromatic rings. The molecule has 1 aliphatic heterocycles. The number of carbonyl (C=O) groups is 2. The Bertz CT molecular complexity index is 732. The molecule has 1 amide bonds. The van der Waals surface area contributed by atoms with Crippen LogP contribution in [0.15, 0.2) is 42.5 Å². The summed E-state index contributed by atoms with van der Waals surface area (Å²) in [6.07, 6.45) is 1.37. The number of fused-ring (bicyclic) bond motifs is 1. The van der Waals surface area contributed by atoms with E-state index in [2.05, 4.69) is 5.32 Å². The van der Waals surface area contributed by atoms with Crippen molar-refractivity contribution in [1.29, 1.82) is 0 Å². The Morgan fingerprint density at radius 1 is 1.25 bits per heavy atom. The van der Waals surface area contributed by atoms with Crippen molar-refractivity contribution in [2.45, 2.75) is 38.3 Å². The molecule has 0 saturated heterocycles. The zero-order valence-corrected chi connectivity index (χ0v) is 13.7. The minimum Gasteiger partial charge on any atom is -0.394 e. The number of amides is 1. The van der Waals surface area contributed by atoms with Crippen LogP contribution in [0.1, 0.15) is 47.4 Å². The predicted molar refractivity (Wildman–Crippen MR) is 91.0 cm³/mol. The van der Waals surface area contributed by atoms with Crippen LogP contribution in [-0.4, -0.2) is 34.0 Å². The van der Waals surface area contributed by atoms with Crippen molar-refractivity contribution in [3.8, 4) is 0 Å². The van der Waals surface area contributed by atoms with Gasteiger partial charge in [-0.25, -0.2) is 0 Å². The number of aliphatic hydroxyl groups excluding tert-OH is 1. The summed E-state index contributed by atoms with van der Waals surface area (Å²) >= 11 is 0. The van der Waals surface area contributed by atoms with E-state index in [1.165, 1.54) is 0 Å². The van der Waals surface area contributed by atoms with Gasteiger partial charge in [0.1, 0.15) is 0 Å². The number of nitrogens with zero attached hydrogens (tertiary/aromatic N) is 1. The second-order valence-electron chi connectivity index (χ2n) is 6.13. The summed E-state index contributed by atoms with van der Waals surface area (Å²) in [5, 5.41) is 12.1. The van der Waals surface area contributed by atoms with E-state index >= 15 is 0 Å². The zero-order chi connectivity index (χ0) is 17.1. The molecule has 5 nitrogen and oxygen atoms in total. The fourth-order valence-corrected chi connectivity index (χ4v) is 3.22. The van der Waals surface area contributed by atoms with Crippen LogP contribution < -0.4 is 5.32 Å². The monoisotopic (exact) mass is 326 g/mol. The zero-order valence-electron chi connectivity index (χ0n) is 13.7. The lowest BCUT2D eigenvalue weighted by Gasteiger charge is -2.17. The summed E-state index contributed by atoms with van der Waals surface area (Å²) in [4.78, 5) is 25.1. The fraction of sp³-hybridized carbons (Fsp3) is 0.368. The number of aromatic nitrogens is 1. The molecule has 1 aliphatic rings. The molecule has 0 aliphatic carbocycles. The third-order valence-electron chi connectivity index (χ3n) is 4.66. The lowest BCUT2D eigenvalue weighted by molar-refractivity contribution is -0.123. The van der Waals surface area contributed by atoms with Crippen molar-refractivity contribution in [3.63, 3.8) is 0 Å². The molecule has 3 rings (SSSR count). The average molecular weight is 326 g/mol. The standard InChI is InChI=1S/C19H22N2O3/c1-2-14(12-22)20-19(24)15-10-11-21-16(15)8-9-17(21)18(23)13-6-4-3-5-7-13/h3-9,14-15,22H,2,10-12H2,1H3,(H,20,24)/t14-,15?/m1/s1. The summed E-state index contributed by atoms with van der Waals surface area (Å²) < 4.78 is 1.94. The lowest BCUT2D eigenvalue weighted by atomic mass is 10.0. The van der Waals surface area contributed by atoms with Gasteiger partial charge in [0.15, 0.2) is 0 Å². The molecule has 1 aromatic heterocycles. The largest absolute Gasteiger partial charge is 0.394 e. The molecule has 0 radical (unpaired) electrons. The van der Waals surface area contributed by atoms with Gasteiger partial charge in [-0.05, 0) is 25.0 Å². The van der Waals surface area contributed by atoms with Crippen LogP contribution in [0.25, 0.3) is 0 Å². The van der Waals surface area contributed by atoms with Gasteiger partial charge in [0.25, 0.3) is 0 Å². The van der Waals surface area contributed by atoms with Gasteiger partial charge >= 0.3 is 0 Å². The molecule has 1 unspecified atom stereocenters. The topological polar surface area (TPSA) is 71.3 Å². The Balaban J connectivity index is 1.81. The van der Waals surface area contributed by atoms with Crippen LogP contribution in [-0.2, 0) is 11.3 Å². The summed E-state index contributed by atoms with van der Waals surface area (Å²) in [6, 6.07) is 12.6. The van der Waals surface area contributed by atoms with E-state index < -0.39 is 0 Å². The first-order chi connectivity index (χ1) is 11.7. The van der Waals surface area contributed by atoms with Crippen molar-refractivity contribution >= 4 is 11.7 Å². The van der Waals surface area contributed by atoms with Crippen molar-refractivity contribution < 1.29 is 14.7 Å². The van der Waals surface area contributed by atoms with Crippen LogP contribution >= 0.6 is 0 Å². The Kier molecular flexibility index (Phi) is 4.81. The van der Waals surface area contributed by atoms with Crippen LogP contribution in [0.4, 0.5) is 0 Å². The van der Waals surface area contributed by atoms with Gasteiger partial charge in [0, 0.05) is 17.8 Å². The molecule has 2 atom stereocenters. The van der Waals surface area contributed by atoms with Crippen LogP contribution in [0.5, 0.6) is 0 Å². The first kappa shape index (κ1) is 16.5. The predicted octanol–water partition coefficient (Wildman–Crippen LogP) is 2.09. The van der Waals surface area contributed by atoms with E-state index in [4.69, 9.17) is 0 Å². The summed E-state index contributed by atoms with van der Waals surface area (Å²) in [7, 11) is 0. The van der Waals surface area contributed by atoms with Gasteiger partial charge < -0.3 is 15.0 Å². The highest BCUT2D eigenvalue weighted by atomic mass is 16.3. The number of hydrogen-bond donors (Lipinski definition) is 2. The van der Waals surface area contributed by atoms with E-state index in [0.29, 0.717) is 30.6 Å². The number of benzene rings is 1. The molecular formula is C19H22N2O3. The number of carbonyl (C=O) groups excluding carboxylic acids is 2. The normalized spacial score (nSPS) is 17.3. The molecule has 0 saturated carbocycles. The van der Waals surface area contributed by atoms with E-state index in [1.807, 2.05) is 35.8 Å². The quantitative estimate of drug-likeness (QED) is 0.799. The van der Waals surface area contributed by atoms with Crippen molar-refractivity contribution in [2.75, 3.05) is 6.61 Å². The SMILES string of the molecule is CC[C@H](CO)NC(=O)C1CCn2c(C(=O)c3ccccc3)ccc21. The fourth-order valence-electron chi connectivity index (χ4n) is 3.22. The van der Waals surface area contributed by atoms with Crippen LogP contribution in [0.3, 0.4) is 0 Å². The maximum atomic E-state index is 12.7. The van der Waals surface area contributed by atoms with E-state index in [0.717, 1.165) is 5.69 Å². The minimum atomic E-state index is -0.261. The maximum absolute atomic E-state index is 12.7. The Hall–Kier alpha value is -2.40. The van der Waals surface area contributed by atoms with Crippen LogP contribution in [0, 0.1) is 0 Å². The molecule has 0 spiro atoms. The highest BCUT2D eigenvalue weighted by molar-refractivity contribution is 6.08. The van der Waals surface area contributed by atoms with Gasteiger partial charge in [-0.2, -0.15) is 0 Å². The van der Waals surface area contributed by atoms with Gasteiger partial charge in [0.2, 0.25) is 11.7 Å². The van der Waals surface area contributed by atoms with Crippen LogP contribution in [0.2, 0.25) is 0 Å². The minimum absolute atomic E-state index is 0.0234. The third-order valence-corrected chi connectivity index (χ3v) is 4.66. The lowest BCUT2D eigenvalue weighted by Crippen LogP contribution is -2.39.